The molecule has 22 heavy (non-hydrogen) atoms. The summed E-state index contributed by atoms with van der Waals surface area (Å²) in [6.45, 7) is 3.90. The Kier molecular flexibility index (Phi) is 5.88. The number of benzene rings is 1. The van der Waals surface area contributed by atoms with Crippen LogP contribution in [0.5, 0.6) is 5.75 Å². The second-order valence-corrected chi connectivity index (χ2v) is 8.72. The molecule has 0 bridgehead atoms. The molecule has 1 aromatic heterocycles. The highest BCUT2D eigenvalue weighted by molar-refractivity contribution is 9.10. The minimum atomic E-state index is -0.872. The van der Waals surface area contributed by atoms with E-state index in [1.165, 1.54) is 23.1 Å². The highest BCUT2D eigenvalue weighted by Gasteiger charge is 2.29. The zero-order chi connectivity index (χ0) is 16.2. The standard InChI is InChI=1S/C15H16BrNO3S2/c1-15(2,13(18)19)22-14-17-11(9-21-14)7-8-20-12-5-3-10(16)4-6-12/h3-6,9H,7-8H2,1-2H3,(H,18,19). The maximum Gasteiger partial charge on any atom is 0.319 e. The van der Waals surface area contributed by atoms with Crippen LogP contribution in [0.3, 0.4) is 0 Å². The zero-order valence-electron chi connectivity index (χ0n) is 12.2. The van der Waals surface area contributed by atoms with Gasteiger partial charge in [0.25, 0.3) is 0 Å². The van der Waals surface area contributed by atoms with E-state index >= 15 is 0 Å². The predicted octanol–water partition coefficient (Wildman–Crippen LogP) is 4.48. The van der Waals surface area contributed by atoms with Crippen molar-refractivity contribution >= 4 is 45.0 Å². The van der Waals surface area contributed by atoms with Crippen LogP contribution in [-0.4, -0.2) is 27.4 Å². The number of aliphatic carboxylic acids is 1. The lowest BCUT2D eigenvalue weighted by atomic mass is 10.2. The topological polar surface area (TPSA) is 59.4 Å². The Morgan fingerprint density at radius 3 is 2.73 bits per heavy atom. The van der Waals surface area contributed by atoms with Crippen LogP contribution in [0.4, 0.5) is 0 Å². The molecule has 0 aliphatic heterocycles. The van der Waals surface area contributed by atoms with E-state index in [2.05, 4.69) is 20.9 Å². The third-order valence-electron chi connectivity index (χ3n) is 2.83. The fraction of sp³-hybridized carbons (Fsp3) is 0.333. The molecule has 2 aromatic rings. The van der Waals surface area contributed by atoms with E-state index in [1.807, 2.05) is 29.6 Å². The van der Waals surface area contributed by atoms with Gasteiger partial charge in [-0.25, -0.2) is 4.98 Å². The van der Waals surface area contributed by atoms with Gasteiger partial charge in [-0.2, -0.15) is 0 Å². The van der Waals surface area contributed by atoms with Gasteiger partial charge in [0.2, 0.25) is 0 Å². The van der Waals surface area contributed by atoms with E-state index in [1.54, 1.807) is 13.8 Å². The van der Waals surface area contributed by atoms with Crippen LogP contribution in [-0.2, 0) is 11.2 Å². The van der Waals surface area contributed by atoms with E-state index in [0.717, 1.165) is 20.3 Å². The molecule has 0 amide bonds. The second kappa shape index (κ2) is 7.48. The molecule has 0 atom stereocenters. The van der Waals surface area contributed by atoms with Crippen molar-refractivity contribution in [3.05, 3.63) is 39.8 Å². The Morgan fingerprint density at radius 2 is 2.09 bits per heavy atom. The number of carboxylic acids is 1. The number of rotatable bonds is 7. The van der Waals surface area contributed by atoms with Gasteiger partial charge in [0.15, 0.2) is 4.34 Å². The number of thiazole rings is 1. The Balaban J connectivity index is 1.84. The lowest BCUT2D eigenvalue weighted by Gasteiger charge is -2.15. The number of aromatic nitrogens is 1. The summed E-state index contributed by atoms with van der Waals surface area (Å²) < 4.78 is 6.57. The van der Waals surface area contributed by atoms with Crippen LogP contribution < -0.4 is 4.74 Å². The molecule has 0 aliphatic carbocycles. The van der Waals surface area contributed by atoms with E-state index in [4.69, 9.17) is 9.84 Å². The van der Waals surface area contributed by atoms with Crippen molar-refractivity contribution in [2.45, 2.75) is 29.4 Å². The summed E-state index contributed by atoms with van der Waals surface area (Å²) in [6, 6.07) is 7.67. The summed E-state index contributed by atoms with van der Waals surface area (Å²) in [5.74, 6) is -0.0205. The van der Waals surface area contributed by atoms with Crippen molar-refractivity contribution in [3.8, 4) is 5.75 Å². The van der Waals surface area contributed by atoms with Crippen LogP contribution in [0.2, 0.25) is 0 Å². The predicted molar refractivity (Wildman–Crippen MR) is 93.0 cm³/mol. The third-order valence-corrected chi connectivity index (χ3v) is 5.53. The molecule has 0 fully saturated rings. The first-order chi connectivity index (χ1) is 10.4. The normalized spacial score (nSPS) is 11.4. The quantitative estimate of drug-likeness (QED) is 0.692. The number of carboxylic acid groups (broad SMARTS) is 1. The Bertz CT molecular complexity index is 640. The highest BCUT2D eigenvalue weighted by Crippen LogP contribution is 2.34. The Labute approximate surface area is 146 Å². The van der Waals surface area contributed by atoms with Gasteiger partial charge in [-0.3, -0.25) is 4.79 Å². The minimum Gasteiger partial charge on any atom is -0.493 e. The fourth-order valence-corrected chi connectivity index (χ4v) is 4.01. The molecule has 0 saturated heterocycles. The molecular formula is C15H16BrNO3S2. The number of hydrogen-bond acceptors (Lipinski definition) is 5. The van der Waals surface area contributed by atoms with Crippen LogP contribution in [0.25, 0.3) is 0 Å². The zero-order valence-corrected chi connectivity index (χ0v) is 15.4. The highest BCUT2D eigenvalue weighted by atomic mass is 79.9. The van der Waals surface area contributed by atoms with E-state index in [-0.39, 0.29) is 0 Å². The Hall–Kier alpha value is -1.05. The second-order valence-electron chi connectivity index (χ2n) is 5.07. The van der Waals surface area contributed by atoms with Crippen molar-refractivity contribution in [3.63, 3.8) is 0 Å². The van der Waals surface area contributed by atoms with Gasteiger partial charge in [0.05, 0.1) is 12.3 Å². The van der Waals surface area contributed by atoms with E-state index in [9.17, 15) is 4.79 Å². The third kappa shape index (κ3) is 5.00. The van der Waals surface area contributed by atoms with Crippen LogP contribution in [0.1, 0.15) is 19.5 Å². The molecule has 0 radical (unpaired) electrons. The molecule has 0 aliphatic rings. The Morgan fingerprint density at radius 1 is 1.41 bits per heavy atom. The SMILES string of the molecule is CC(C)(Sc1nc(CCOc2ccc(Br)cc2)cs1)C(=O)O. The largest absolute Gasteiger partial charge is 0.493 e. The van der Waals surface area contributed by atoms with E-state index < -0.39 is 10.7 Å². The first kappa shape index (κ1) is 17.3. The van der Waals surface area contributed by atoms with Crippen molar-refractivity contribution in [1.29, 1.82) is 0 Å². The maximum atomic E-state index is 11.1. The molecule has 0 unspecified atom stereocenters. The van der Waals surface area contributed by atoms with Crippen LogP contribution in [0.15, 0.2) is 38.5 Å². The van der Waals surface area contributed by atoms with Gasteiger partial charge in [-0.15, -0.1) is 11.3 Å². The van der Waals surface area contributed by atoms with Crippen molar-refractivity contribution < 1.29 is 14.6 Å². The average Bonchev–Trinajstić information content (AvgIpc) is 2.87. The fourth-order valence-electron chi connectivity index (χ4n) is 1.52. The van der Waals surface area contributed by atoms with Gasteiger partial charge in [0, 0.05) is 16.3 Å². The summed E-state index contributed by atoms with van der Waals surface area (Å²) >= 11 is 6.12. The number of ether oxygens (including phenoxy) is 1. The van der Waals surface area contributed by atoms with Crippen LogP contribution in [0, 0.1) is 0 Å². The van der Waals surface area contributed by atoms with Crippen LogP contribution >= 0.6 is 39.0 Å². The van der Waals surface area contributed by atoms with Crippen molar-refractivity contribution in [2.24, 2.45) is 0 Å². The smallest absolute Gasteiger partial charge is 0.319 e. The summed E-state index contributed by atoms with van der Waals surface area (Å²) in [6.07, 6.45) is 0.695. The first-order valence-corrected chi connectivity index (χ1v) is 9.11. The minimum absolute atomic E-state index is 0.539. The molecule has 4 nitrogen and oxygen atoms in total. The molecular weight excluding hydrogens is 386 g/mol. The molecule has 2 rings (SSSR count). The van der Waals surface area contributed by atoms with Crippen molar-refractivity contribution in [1.82, 2.24) is 4.98 Å². The maximum absolute atomic E-state index is 11.1. The first-order valence-electron chi connectivity index (χ1n) is 6.62. The molecule has 0 saturated carbocycles. The molecule has 7 heteroatoms. The summed E-state index contributed by atoms with van der Waals surface area (Å²) in [5.41, 5.74) is 0.922. The molecule has 1 aromatic carbocycles. The summed E-state index contributed by atoms with van der Waals surface area (Å²) in [5, 5.41) is 11.1. The molecule has 118 valence electrons. The lowest BCUT2D eigenvalue weighted by molar-refractivity contribution is -0.138. The average molecular weight is 402 g/mol. The van der Waals surface area contributed by atoms with Crippen molar-refractivity contribution in [2.75, 3.05) is 6.61 Å². The number of halogens is 1. The van der Waals surface area contributed by atoms with E-state index in [0.29, 0.717) is 13.0 Å². The van der Waals surface area contributed by atoms with Gasteiger partial charge >= 0.3 is 5.97 Å². The van der Waals surface area contributed by atoms with Gasteiger partial charge in [0.1, 0.15) is 10.5 Å². The molecule has 1 heterocycles. The molecule has 1 N–H and O–H groups in total. The monoisotopic (exact) mass is 401 g/mol. The van der Waals surface area contributed by atoms with Gasteiger partial charge in [-0.05, 0) is 38.1 Å². The number of thioether (sulfide) groups is 1. The molecule has 0 spiro atoms. The van der Waals surface area contributed by atoms with Gasteiger partial charge in [-0.1, -0.05) is 27.7 Å². The number of hydrogen-bond donors (Lipinski definition) is 1. The summed E-state index contributed by atoms with van der Waals surface area (Å²) in [4.78, 5) is 15.6. The number of nitrogens with zero attached hydrogens (tertiary/aromatic N) is 1. The lowest BCUT2D eigenvalue weighted by Crippen LogP contribution is -2.26. The van der Waals surface area contributed by atoms with Gasteiger partial charge < -0.3 is 9.84 Å². The number of carbonyl (C=O) groups is 1. The summed E-state index contributed by atoms with van der Waals surface area (Å²) in [7, 11) is 0.